The van der Waals surface area contributed by atoms with Crippen molar-refractivity contribution in [2.24, 2.45) is 0 Å². The van der Waals surface area contributed by atoms with Crippen LogP contribution in [0.3, 0.4) is 0 Å². The van der Waals surface area contributed by atoms with E-state index in [1.807, 2.05) is 36.4 Å². The summed E-state index contributed by atoms with van der Waals surface area (Å²) in [5.41, 5.74) is 0.366. The molecule has 0 saturated carbocycles. The monoisotopic (exact) mass is 374 g/mol. The lowest BCUT2D eigenvalue weighted by Gasteiger charge is -2.12. The van der Waals surface area contributed by atoms with E-state index in [1.54, 1.807) is 36.4 Å². The van der Waals surface area contributed by atoms with Gasteiger partial charge in [-0.25, -0.2) is 9.59 Å². The zero-order valence-electron chi connectivity index (χ0n) is 14.0. The second-order valence-corrected chi connectivity index (χ2v) is 7.12. The van der Waals surface area contributed by atoms with Crippen LogP contribution in [0.5, 0.6) is 0 Å². The molecule has 0 amide bonds. The summed E-state index contributed by atoms with van der Waals surface area (Å²) in [6.45, 7) is 0. The van der Waals surface area contributed by atoms with E-state index in [0.29, 0.717) is 20.6 Å². The quantitative estimate of drug-likeness (QED) is 0.490. The standard InChI is InChI=1S/C22H14O4S/c23-21(24)19-15-7-3-1-5-13(15)9-11-17(19)27-18-12-10-14-6-2-4-8-16(14)20(18)22(25)26/h1-12H,(H,23,24)(H,25,26). The van der Waals surface area contributed by atoms with Crippen LogP contribution in [0.15, 0.2) is 82.6 Å². The summed E-state index contributed by atoms with van der Waals surface area (Å²) in [7, 11) is 0. The molecule has 0 saturated heterocycles. The van der Waals surface area contributed by atoms with Crippen molar-refractivity contribution >= 4 is 45.2 Å². The molecule has 0 aliphatic rings. The van der Waals surface area contributed by atoms with Gasteiger partial charge in [0, 0.05) is 9.79 Å². The van der Waals surface area contributed by atoms with E-state index in [2.05, 4.69) is 0 Å². The second-order valence-electron chi connectivity index (χ2n) is 6.03. The zero-order chi connectivity index (χ0) is 19.0. The maximum absolute atomic E-state index is 11.9. The minimum absolute atomic E-state index is 0.183. The lowest BCUT2D eigenvalue weighted by Crippen LogP contribution is -2.03. The molecule has 0 atom stereocenters. The van der Waals surface area contributed by atoms with Gasteiger partial charge in [-0.05, 0) is 33.7 Å². The molecule has 0 heterocycles. The van der Waals surface area contributed by atoms with E-state index in [-0.39, 0.29) is 11.1 Å². The maximum Gasteiger partial charge on any atom is 0.337 e. The van der Waals surface area contributed by atoms with Gasteiger partial charge >= 0.3 is 11.9 Å². The molecule has 0 aromatic heterocycles. The van der Waals surface area contributed by atoms with Crippen LogP contribution in [-0.4, -0.2) is 22.2 Å². The van der Waals surface area contributed by atoms with Crippen molar-refractivity contribution in [3.05, 3.63) is 83.9 Å². The molecule has 5 heteroatoms. The average molecular weight is 374 g/mol. The predicted molar refractivity (Wildman–Crippen MR) is 106 cm³/mol. The van der Waals surface area contributed by atoms with E-state index >= 15 is 0 Å². The van der Waals surface area contributed by atoms with E-state index in [9.17, 15) is 19.8 Å². The van der Waals surface area contributed by atoms with Crippen LogP contribution in [0.4, 0.5) is 0 Å². The molecule has 4 rings (SSSR count). The molecule has 0 fully saturated rings. The van der Waals surface area contributed by atoms with Gasteiger partial charge < -0.3 is 10.2 Å². The van der Waals surface area contributed by atoms with E-state index in [1.165, 1.54) is 11.8 Å². The molecule has 0 unspecified atom stereocenters. The number of carboxylic acid groups (broad SMARTS) is 2. The van der Waals surface area contributed by atoms with Crippen LogP contribution in [0.1, 0.15) is 20.7 Å². The molecular weight excluding hydrogens is 360 g/mol. The summed E-state index contributed by atoms with van der Waals surface area (Å²) >= 11 is 1.17. The number of carbonyl (C=O) groups is 2. The van der Waals surface area contributed by atoms with Gasteiger partial charge in [0.2, 0.25) is 0 Å². The molecule has 2 N–H and O–H groups in total. The van der Waals surface area contributed by atoms with E-state index in [4.69, 9.17) is 0 Å². The Bertz CT molecular complexity index is 1120. The van der Waals surface area contributed by atoms with Crippen LogP contribution in [-0.2, 0) is 0 Å². The normalized spacial score (nSPS) is 11.0. The molecule has 4 aromatic rings. The Balaban J connectivity index is 1.93. The number of hydrogen-bond donors (Lipinski definition) is 2. The van der Waals surface area contributed by atoms with Crippen LogP contribution >= 0.6 is 11.8 Å². The predicted octanol–water partition coefficient (Wildman–Crippen LogP) is 5.54. The molecule has 0 aliphatic carbocycles. The Labute approximate surface area is 159 Å². The van der Waals surface area contributed by atoms with Crippen LogP contribution in [0, 0.1) is 0 Å². The summed E-state index contributed by atoms with van der Waals surface area (Å²) in [6, 6.07) is 21.7. The lowest BCUT2D eigenvalue weighted by atomic mass is 10.0. The zero-order valence-corrected chi connectivity index (χ0v) is 14.9. The van der Waals surface area contributed by atoms with Gasteiger partial charge in [0.15, 0.2) is 0 Å². The van der Waals surface area contributed by atoms with Gasteiger partial charge in [0.05, 0.1) is 11.1 Å². The van der Waals surface area contributed by atoms with Crippen molar-refractivity contribution in [3.63, 3.8) is 0 Å². The number of rotatable bonds is 4. The van der Waals surface area contributed by atoms with Gasteiger partial charge in [-0.3, -0.25) is 0 Å². The van der Waals surface area contributed by atoms with Crippen molar-refractivity contribution in [1.82, 2.24) is 0 Å². The Morgan fingerprint density at radius 2 is 1.00 bits per heavy atom. The highest BCUT2D eigenvalue weighted by Gasteiger charge is 2.20. The topological polar surface area (TPSA) is 74.6 Å². The first kappa shape index (κ1) is 17.1. The highest BCUT2D eigenvalue weighted by atomic mass is 32.2. The minimum atomic E-state index is -1.04. The number of carboxylic acids is 2. The Morgan fingerprint density at radius 1 is 0.593 bits per heavy atom. The third-order valence-corrected chi connectivity index (χ3v) is 5.55. The van der Waals surface area contributed by atoms with Crippen LogP contribution in [0.25, 0.3) is 21.5 Å². The molecule has 132 valence electrons. The summed E-state index contributed by atoms with van der Waals surface area (Å²) in [4.78, 5) is 24.9. The third-order valence-electron chi connectivity index (χ3n) is 4.43. The molecule has 0 aliphatic heterocycles. The summed E-state index contributed by atoms with van der Waals surface area (Å²) in [6.07, 6.45) is 0. The van der Waals surface area contributed by atoms with Crippen molar-refractivity contribution in [1.29, 1.82) is 0 Å². The Kier molecular flexibility index (Phi) is 4.30. The smallest absolute Gasteiger partial charge is 0.337 e. The van der Waals surface area contributed by atoms with Gasteiger partial charge in [-0.15, -0.1) is 0 Å². The van der Waals surface area contributed by atoms with Crippen LogP contribution in [0.2, 0.25) is 0 Å². The first-order valence-electron chi connectivity index (χ1n) is 8.24. The van der Waals surface area contributed by atoms with Crippen molar-refractivity contribution in [3.8, 4) is 0 Å². The first-order valence-corrected chi connectivity index (χ1v) is 9.06. The summed E-state index contributed by atoms with van der Waals surface area (Å²) in [5.74, 6) is -2.07. The number of benzene rings is 4. The second kappa shape index (κ2) is 6.78. The van der Waals surface area contributed by atoms with Gasteiger partial charge in [0.25, 0.3) is 0 Å². The molecule has 27 heavy (non-hydrogen) atoms. The largest absolute Gasteiger partial charge is 0.478 e. The molecule has 0 bridgehead atoms. The average Bonchev–Trinajstić information content (AvgIpc) is 2.67. The molecule has 4 nitrogen and oxygen atoms in total. The minimum Gasteiger partial charge on any atom is -0.478 e. The highest BCUT2D eigenvalue weighted by Crippen LogP contribution is 2.38. The molecule has 0 spiro atoms. The molecular formula is C22H14O4S. The van der Waals surface area contributed by atoms with E-state index < -0.39 is 11.9 Å². The first-order chi connectivity index (χ1) is 13.1. The third kappa shape index (κ3) is 3.02. The van der Waals surface area contributed by atoms with Gasteiger partial charge in [-0.1, -0.05) is 72.4 Å². The van der Waals surface area contributed by atoms with Crippen molar-refractivity contribution in [2.45, 2.75) is 9.79 Å². The maximum atomic E-state index is 11.9. The summed E-state index contributed by atoms with van der Waals surface area (Å²) < 4.78 is 0. The van der Waals surface area contributed by atoms with Gasteiger partial charge in [-0.2, -0.15) is 0 Å². The molecule has 4 aromatic carbocycles. The Morgan fingerprint density at radius 3 is 1.41 bits per heavy atom. The lowest BCUT2D eigenvalue weighted by molar-refractivity contribution is 0.0685. The van der Waals surface area contributed by atoms with Gasteiger partial charge in [0.1, 0.15) is 0 Å². The number of hydrogen-bond acceptors (Lipinski definition) is 3. The Hall–Kier alpha value is -3.31. The van der Waals surface area contributed by atoms with Crippen molar-refractivity contribution < 1.29 is 19.8 Å². The summed E-state index contributed by atoms with van der Waals surface area (Å²) in [5, 5.41) is 22.4. The highest BCUT2D eigenvalue weighted by molar-refractivity contribution is 7.99. The fourth-order valence-corrected chi connectivity index (χ4v) is 4.34. The number of aromatic carboxylic acids is 2. The van der Waals surface area contributed by atoms with Crippen molar-refractivity contribution in [2.75, 3.05) is 0 Å². The molecule has 0 radical (unpaired) electrons. The SMILES string of the molecule is O=C(O)c1c(Sc2ccc3ccccc3c2C(=O)O)ccc2ccccc12. The van der Waals surface area contributed by atoms with E-state index in [0.717, 1.165) is 10.8 Å². The fraction of sp³-hybridized carbons (Fsp3) is 0. The fourth-order valence-electron chi connectivity index (χ4n) is 3.23. The number of fused-ring (bicyclic) bond motifs is 2. The van der Waals surface area contributed by atoms with Crippen LogP contribution < -0.4 is 0 Å².